The fourth-order valence-electron chi connectivity index (χ4n) is 2.92. The summed E-state index contributed by atoms with van der Waals surface area (Å²) >= 11 is 1.53. The number of hydrogen-bond donors (Lipinski definition) is 2. The van der Waals surface area contributed by atoms with Crippen LogP contribution in [0.4, 0.5) is 0 Å². The summed E-state index contributed by atoms with van der Waals surface area (Å²) in [5.74, 6) is -0.582. The number of carbonyl (C=O) groups is 2. The molecule has 1 amide bonds. The van der Waals surface area contributed by atoms with Crippen molar-refractivity contribution in [3.8, 4) is 5.75 Å². The lowest BCUT2D eigenvalue weighted by molar-refractivity contribution is -0.0135. The molecule has 0 aliphatic carbocycles. The normalized spacial score (nSPS) is 19.3. The van der Waals surface area contributed by atoms with Gasteiger partial charge >= 0.3 is 5.97 Å². The number of benzene rings is 2. The van der Waals surface area contributed by atoms with Crippen LogP contribution in [0, 0.1) is 0 Å². The maximum atomic E-state index is 12.7. The molecule has 27 heavy (non-hydrogen) atoms. The molecular weight excluding hydrogens is 366 g/mol. The van der Waals surface area contributed by atoms with Crippen molar-refractivity contribution in [2.75, 3.05) is 19.5 Å². The second-order valence-electron chi connectivity index (χ2n) is 6.13. The highest BCUT2D eigenvalue weighted by Gasteiger charge is 2.29. The van der Waals surface area contributed by atoms with E-state index in [9.17, 15) is 9.59 Å². The number of carboxylic acids is 1. The van der Waals surface area contributed by atoms with Gasteiger partial charge in [-0.3, -0.25) is 4.79 Å². The van der Waals surface area contributed by atoms with Crippen molar-refractivity contribution in [3.05, 3.63) is 59.7 Å². The number of aromatic carboxylic acids is 1. The van der Waals surface area contributed by atoms with E-state index in [1.54, 1.807) is 18.2 Å². The van der Waals surface area contributed by atoms with Crippen LogP contribution < -0.4 is 10.1 Å². The second-order valence-corrected chi connectivity index (χ2v) is 6.98. The van der Waals surface area contributed by atoms with Crippen molar-refractivity contribution in [2.24, 2.45) is 0 Å². The largest absolute Gasteiger partial charge is 0.486 e. The van der Waals surface area contributed by atoms with Crippen molar-refractivity contribution in [3.63, 3.8) is 0 Å². The van der Waals surface area contributed by atoms with Crippen LogP contribution in [0.25, 0.3) is 0 Å². The van der Waals surface area contributed by atoms with Gasteiger partial charge in [-0.1, -0.05) is 12.1 Å². The van der Waals surface area contributed by atoms with E-state index in [2.05, 4.69) is 5.32 Å². The summed E-state index contributed by atoms with van der Waals surface area (Å²) in [4.78, 5) is 24.6. The zero-order chi connectivity index (χ0) is 19.2. The van der Waals surface area contributed by atoms with E-state index in [0.717, 1.165) is 4.90 Å². The Morgan fingerprint density at radius 1 is 1.19 bits per heavy atom. The van der Waals surface area contributed by atoms with Gasteiger partial charge in [0.2, 0.25) is 0 Å². The van der Waals surface area contributed by atoms with Crippen molar-refractivity contribution in [2.45, 2.75) is 23.5 Å². The Hall–Kier alpha value is -2.51. The maximum Gasteiger partial charge on any atom is 0.335 e. The highest BCUT2D eigenvalue weighted by Crippen LogP contribution is 2.22. The number of carboxylic acid groups (broad SMARTS) is 1. The van der Waals surface area contributed by atoms with E-state index in [0.29, 0.717) is 30.9 Å². The number of hydrogen-bond acceptors (Lipinski definition) is 5. The van der Waals surface area contributed by atoms with Crippen molar-refractivity contribution in [1.82, 2.24) is 5.32 Å². The van der Waals surface area contributed by atoms with Gasteiger partial charge in [-0.15, -0.1) is 11.8 Å². The van der Waals surface area contributed by atoms with Crippen LogP contribution in [0.3, 0.4) is 0 Å². The van der Waals surface area contributed by atoms with Gasteiger partial charge in [0.15, 0.2) is 0 Å². The third-order valence-corrected chi connectivity index (χ3v) is 5.16. The number of carbonyl (C=O) groups excluding carboxylic acids is 1. The van der Waals surface area contributed by atoms with Gasteiger partial charge in [0, 0.05) is 11.5 Å². The van der Waals surface area contributed by atoms with Crippen molar-refractivity contribution < 1.29 is 24.2 Å². The quantitative estimate of drug-likeness (QED) is 0.741. The van der Waals surface area contributed by atoms with Crippen LogP contribution >= 0.6 is 11.8 Å². The highest BCUT2D eigenvalue weighted by atomic mass is 32.2. The zero-order valence-electron chi connectivity index (χ0n) is 14.9. The molecule has 1 aliphatic rings. The standard InChI is InChI=1S/C20H21NO5S/c1-27-18-5-3-2-4-15(18)19(22)21-16-10-11-25-12-17(16)26-14-8-6-13(7-9-14)20(23)24/h2-9,16-17H,10-12H2,1H3,(H,21,22)(H,23,24)/t16-,17-/m1/s1. The fraction of sp³-hybridized carbons (Fsp3) is 0.300. The first-order valence-electron chi connectivity index (χ1n) is 8.60. The van der Waals surface area contributed by atoms with Crippen LogP contribution in [0.1, 0.15) is 27.1 Å². The van der Waals surface area contributed by atoms with E-state index >= 15 is 0 Å². The molecule has 2 N–H and O–H groups in total. The van der Waals surface area contributed by atoms with Crippen LogP contribution in [-0.4, -0.2) is 48.6 Å². The lowest BCUT2D eigenvalue weighted by atomic mass is 10.0. The summed E-state index contributed by atoms with van der Waals surface area (Å²) in [7, 11) is 0. The number of ether oxygens (including phenoxy) is 2. The number of nitrogens with one attached hydrogen (secondary N) is 1. The molecule has 1 fully saturated rings. The van der Waals surface area contributed by atoms with Crippen LogP contribution in [0.5, 0.6) is 5.75 Å². The Morgan fingerprint density at radius 2 is 1.93 bits per heavy atom. The van der Waals surface area contributed by atoms with E-state index in [1.807, 2.05) is 24.5 Å². The van der Waals surface area contributed by atoms with E-state index in [1.165, 1.54) is 23.9 Å². The van der Waals surface area contributed by atoms with Crippen LogP contribution in [0.2, 0.25) is 0 Å². The first-order valence-corrected chi connectivity index (χ1v) is 9.82. The minimum absolute atomic E-state index is 0.137. The minimum Gasteiger partial charge on any atom is -0.486 e. The summed E-state index contributed by atoms with van der Waals surface area (Å²) in [5, 5.41) is 12.0. The second kappa shape index (κ2) is 8.92. The Kier molecular flexibility index (Phi) is 6.36. The van der Waals surface area contributed by atoms with Crippen LogP contribution in [-0.2, 0) is 4.74 Å². The lowest BCUT2D eigenvalue weighted by Crippen LogP contribution is -2.51. The van der Waals surface area contributed by atoms with E-state index < -0.39 is 5.97 Å². The molecule has 1 aliphatic heterocycles. The molecule has 0 bridgehead atoms. The maximum absolute atomic E-state index is 12.7. The van der Waals surface area contributed by atoms with E-state index in [4.69, 9.17) is 14.6 Å². The molecule has 1 saturated heterocycles. The molecule has 3 rings (SSSR count). The highest BCUT2D eigenvalue weighted by molar-refractivity contribution is 7.98. The molecule has 1 heterocycles. The molecule has 6 nitrogen and oxygen atoms in total. The third kappa shape index (κ3) is 4.81. The van der Waals surface area contributed by atoms with Crippen molar-refractivity contribution in [1.29, 1.82) is 0 Å². The molecule has 7 heteroatoms. The Morgan fingerprint density at radius 3 is 2.63 bits per heavy atom. The molecule has 0 aromatic heterocycles. The molecule has 0 saturated carbocycles. The number of thioether (sulfide) groups is 1. The summed E-state index contributed by atoms with van der Waals surface area (Å²) < 4.78 is 11.5. The first-order chi connectivity index (χ1) is 13.1. The van der Waals surface area contributed by atoms with Gasteiger partial charge in [-0.05, 0) is 49.1 Å². The Bertz CT molecular complexity index is 808. The molecule has 2 aromatic rings. The number of rotatable bonds is 6. The minimum atomic E-state index is -0.986. The predicted octanol–water partition coefficient (Wildman–Crippen LogP) is 3.07. The smallest absolute Gasteiger partial charge is 0.335 e. The van der Waals surface area contributed by atoms with Crippen molar-refractivity contribution >= 4 is 23.6 Å². The van der Waals surface area contributed by atoms with E-state index in [-0.39, 0.29) is 23.6 Å². The van der Waals surface area contributed by atoms with Gasteiger partial charge in [0.1, 0.15) is 11.9 Å². The molecule has 0 unspecified atom stereocenters. The SMILES string of the molecule is CSc1ccccc1C(=O)N[C@@H]1CCOC[C@H]1Oc1ccc(C(=O)O)cc1. The van der Waals surface area contributed by atoms with Gasteiger partial charge in [0.25, 0.3) is 5.91 Å². The third-order valence-electron chi connectivity index (χ3n) is 4.36. The fourth-order valence-corrected chi connectivity index (χ4v) is 3.52. The monoisotopic (exact) mass is 387 g/mol. The predicted molar refractivity (Wildman–Crippen MR) is 103 cm³/mol. The molecular formula is C20H21NO5S. The first kappa shape index (κ1) is 19.3. The topological polar surface area (TPSA) is 84.9 Å². The molecule has 0 spiro atoms. The van der Waals surface area contributed by atoms with Gasteiger partial charge in [-0.2, -0.15) is 0 Å². The summed E-state index contributed by atoms with van der Waals surface area (Å²) in [6.07, 6.45) is 2.23. The summed E-state index contributed by atoms with van der Waals surface area (Å²) in [5.41, 5.74) is 0.835. The molecule has 2 atom stereocenters. The summed E-state index contributed by atoms with van der Waals surface area (Å²) in [6.45, 7) is 0.905. The Balaban J connectivity index is 1.69. The van der Waals surface area contributed by atoms with Crippen LogP contribution in [0.15, 0.2) is 53.4 Å². The average molecular weight is 387 g/mol. The lowest BCUT2D eigenvalue weighted by Gasteiger charge is -2.32. The summed E-state index contributed by atoms with van der Waals surface area (Å²) in [6, 6.07) is 13.5. The zero-order valence-corrected chi connectivity index (χ0v) is 15.7. The molecule has 0 radical (unpaired) electrons. The van der Waals surface area contributed by atoms with Gasteiger partial charge < -0.3 is 19.9 Å². The van der Waals surface area contributed by atoms with Gasteiger partial charge in [0.05, 0.1) is 23.8 Å². The average Bonchev–Trinajstić information content (AvgIpc) is 2.69. The number of amides is 1. The Labute approximate surface area is 161 Å². The van der Waals surface area contributed by atoms with Gasteiger partial charge in [-0.25, -0.2) is 4.79 Å². The molecule has 2 aromatic carbocycles. The molecule has 142 valence electrons.